The lowest BCUT2D eigenvalue weighted by Crippen LogP contribution is -2.18. The standard InChI is InChI=1S/C15H18N2O/c16-14(10-13-4-2-8-18-13)12-6-5-11-3-1-7-17-15(11)9-12/h1,3,5-7,9,13-14H,2,4,8,10,16H2. The summed E-state index contributed by atoms with van der Waals surface area (Å²) in [6.07, 6.45) is 5.35. The van der Waals surface area contributed by atoms with Crippen molar-refractivity contribution in [3.63, 3.8) is 0 Å². The van der Waals surface area contributed by atoms with Crippen LogP contribution in [0.3, 0.4) is 0 Å². The molecule has 2 N–H and O–H groups in total. The zero-order valence-corrected chi connectivity index (χ0v) is 10.4. The minimum absolute atomic E-state index is 0.0412. The van der Waals surface area contributed by atoms with E-state index in [1.54, 1.807) is 0 Å². The SMILES string of the molecule is NC(CC1CCCO1)c1ccc2cccnc2c1. The Bertz CT molecular complexity index is 535. The second-order valence-electron chi connectivity index (χ2n) is 4.93. The Balaban J connectivity index is 1.80. The van der Waals surface area contributed by atoms with Gasteiger partial charge in [0, 0.05) is 24.2 Å². The lowest BCUT2D eigenvalue weighted by Gasteiger charge is -2.16. The number of ether oxygens (including phenoxy) is 1. The zero-order valence-electron chi connectivity index (χ0n) is 10.4. The van der Waals surface area contributed by atoms with Gasteiger partial charge in [0.15, 0.2) is 0 Å². The van der Waals surface area contributed by atoms with E-state index >= 15 is 0 Å². The summed E-state index contributed by atoms with van der Waals surface area (Å²) in [5, 5.41) is 1.16. The molecule has 0 spiro atoms. The lowest BCUT2D eigenvalue weighted by molar-refractivity contribution is 0.0983. The zero-order chi connectivity index (χ0) is 12.4. The molecule has 1 fully saturated rings. The maximum Gasteiger partial charge on any atom is 0.0705 e. The monoisotopic (exact) mass is 242 g/mol. The third-order valence-electron chi connectivity index (χ3n) is 3.60. The highest BCUT2D eigenvalue weighted by Gasteiger charge is 2.19. The van der Waals surface area contributed by atoms with Crippen molar-refractivity contribution in [2.24, 2.45) is 5.73 Å². The quantitative estimate of drug-likeness (QED) is 0.900. The number of nitrogens with two attached hydrogens (primary N) is 1. The van der Waals surface area contributed by atoms with Crippen LogP contribution in [0.1, 0.15) is 30.9 Å². The molecule has 18 heavy (non-hydrogen) atoms. The highest BCUT2D eigenvalue weighted by atomic mass is 16.5. The van der Waals surface area contributed by atoms with Gasteiger partial charge in [0.05, 0.1) is 11.6 Å². The average molecular weight is 242 g/mol. The number of fused-ring (bicyclic) bond motifs is 1. The molecule has 0 saturated carbocycles. The molecule has 1 aromatic carbocycles. The van der Waals surface area contributed by atoms with Crippen LogP contribution < -0.4 is 5.73 Å². The molecule has 0 amide bonds. The van der Waals surface area contributed by atoms with Gasteiger partial charge in [0.1, 0.15) is 0 Å². The summed E-state index contributed by atoms with van der Waals surface area (Å²) in [5.74, 6) is 0. The van der Waals surface area contributed by atoms with Crippen LogP contribution in [0.25, 0.3) is 10.9 Å². The van der Waals surface area contributed by atoms with Gasteiger partial charge < -0.3 is 10.5 Å². The van der Waals surface area contributed by atoms with Crippen molar-refractivity contribution < 1.29 is 4.74 Å². The van der Waals surface area contributed by atoms with E-state index in [-0.39, 0.29) is 6.04 Å². The molecule has 1 aliphatic heterocycles. The highest BCUT2D eigenvalue weighted by Crippen LogP contribution is 2.25. The minimum Gasteiger partial charge on any atom is -0.378 e. The Hall–Kier alpha value is -1.45. The number of aromatic nitrogens is 1. The molecule has 2 atom stereocenters. The largest absolute Gasteiger partial charge is 0.378 e. The molecule has 2 unspecified atom stereocenters. The van der Waals surface area contributed by atoms with E-state index in [1.807, 2.05) is 12.3 Å². The topological polar surface area (TPSA) is 48.1 Å². The third kappa shape index (κ3) is 2.37. The van der Waals surface area contributed by atoms with Gasteiger partial charge >= 0.3 is 0 Å². The number of hydrogen-bond donors (Lipinski definition) is 1. The first-order valence-electron chi connectivity index (χ1n) is 6.55. The van der Waals surface area contributed by atoms with Crippen molar-refractivity contribution in [1.82, 2.24) is 4.98 Å². The number of rotatable bonds is 3. The minimum atomic E-state index is 0.0412. The van der Waals surface area contributed by atoms with Gasteiger partial charge in [-0.15, -0.1) is 0 Å². The molecular formula is C15H18N2O. The summed E-state index contributed by atoms with van der Waals surface area (Å²) in [4.78, 5) is 4.37. The van der Waals surface area contributed by atoms with Crippen molar-refractivity contribution in [2.45, 2.75) is 31.4 Å². The fourth-order valence-electron chi connectivity index (χ4n) is 2.56. The van der Waals surface area contributed by atoms with Crippen LogP contribution >= 0.6 is 0 Å². The molecule has 0 radical (unpaired) electrons. The second kappa shape index (κ2) is 5.04. The molecule has 2 aromatic rings. The van der Waals surface area contributed by atoms with Crippen LogP contribution in [0.5, 0.6) is 0 Å². The van der Waals surface area contributed by atoms with E-state index in [4.69, 9.17) is 10.5 Å². The Morgan fingerprint density at radius 1 is 1.39 bits per heavy atom. The predicted molar refractivity (Wildman–Crippen MR) is 72.3 cm³/mol. The van der Waals surface area contributed by atoms with Gasteiger partial charge in [-0.1, -0.05) is 18.2 Å². The van der Waals surface area contributed by atoms with Crippen LogP contribution in [0.2, 0.25) is 0 Å². The van der Waals surface area contributed by atoms with Gasteiger partial charge in [0.2, 0.25) is 0 Å². The summed E-state index contributed by atoms with van der Waals surface area (Å²) in [6.45, 7) is 0.886. The fraction of sp³-hybridized carbons (Fsp3) is 0.400. The van der Waals surface area contributed by atoms with Crippen LogP contribution in [0.15, 0.2) is 36.5 Å². The Labute approximate surface area is 107 Å². The first kappa shape index (κ1) is 11.6. The van der Waals surface area contributed by atoms with E-state index in [0.29, 0.717) is 6.10 Å². The van der Waals surface area contributed by atoms with Crippen LogP contribution in [-0.4, -0.2) is 17.7 Å². The van der Waals surface area contributed by atoms with E-state index in [1.165, 1.54) is 0 Å². The molecule has 3 heteroatoms. The maximum atomic E-state index is 6.26. The molecule has 0 aliphatic carbocycles. The van der Waals surface area contributed by atoms with E-state index in [9.17, 15) is 0 Å². The van der Waals surface area contributed by atoms with E-state index < -0.39 is 0 Å². The van der Waals surface area contributed by atoms with Crippen molar-refractivity contribution in [1.29, 1.82) is 0 Å². The average Bonchev–Trinajstić information content (AvgIpc) is 2.91. The number of hydrogen-bond acceptors (Lipinski definition) is 3. The van der Waals surface area contributed by atoms with E-state index in [0.717, 1.165) is 42.3 Å². The Morgan fingerprint density at radius 2 is 2.33 bits per heavy atom. The Morgan fingerprint density at radius 3 is 3.17 bits per heavy atom. The summed E-state index contributed by atoms with van der Waals surface area (Å²) < 4.78 is 5.64. The lowest BCUT2D eigenvalue weighted by atomic mass is 9.99. The molecule has 0 bridgehead atoms. The van der Waals surface area contributed by atoms with Crippen molar-refractivity contribution in [2.75, 3.05) is 6.61 Å². The van der Waals surface area contributed by atoms with Gasteiger partial charge in [-0.3, -0.25) is 4.98 Å². The summed E-state index contributed by atoms with van der Waals surface area (Å²) in [6, 6.07) is 10.3. The van der Waals surface area contributed by atoms with Crippen LogP contribution in [-0.2, 0) is 4.74 Å². The smallest absolute Gasteiger partial charge is 0.0705 e. The third-order valence-corrected chi connectivity index (χ3v) is 3.60. The van der Waals surface area contributed by atoms with Crippen molar-refractivity contribution >= 4 is 10.9 Å². The molecule has 2 heterocycles. The normalized spacial score (nSPS) is 21.3. The van der Waals surface area contributed by atoms with Gasteiger partial charge in [0.25, 0.3) is 0 Å². The first-order chi connectivity index (χ1) is 8.83. The predicted octanol–water partition coefficient (Wildman–Crippen LogP) is 2.80. The molecule has 3 nitrogen and oxygen atoms in total. The number of nitrogens with zero attached hydrogens (tertiary/aromatic N) is 1. The van der Waals surface area contributed by atoms with Crippen LogP contribution in [0.4, 0.5) is 0 Å². The van der Waals surface area contributed by atoms with Gasteiger partial charge in [-0.25, -0.2) is 0 Å². The summed E-state index contributed by atoms with van der Waals surface area (Å²) in [5.41, 5.74) is 8.42. The molecule has 3 rings (SSSR count). The van der Waals surface area contributed by atoms with Crippen molar-refractivity contribution in [3.8, 4) is 0 Å². The second-order valence-corrected chi connectivity index (χ2v) is 4.93. The summed E-state index contributed by atoms with van der Waals surface area (Å²) >= 11 is 0. The van der Waals surface area contributed by atoms with Gasteiger partial charge in [-0.05, 0) is 37.0 Å². The highest BCUT2D eigenvalue weighted by molar-refractivity contribution is 5.78. The fourth-order valence-corrected chi connectivity index (χ4v) is 2.56. The molecule has 1 aliphatic rings. The molecule has 1 saturated heterocycles. The number of benzene rings is 1. The maximum absolute atomic E-state index is 6.26. The summed E-state index contributed by atoms with van der Waals surface area (Å²) in [7, 11) is 0. The number of pyridine rings is 1. The Kier molecular flexibility index (Phi) is 3.26. The van der Waals surface area contributed by atoms with E-state index in [2.05, 4.69) is 29.2 Å². The molecular weight excluding hydrogens is 224 g/mol. The van der Waals surface area contributed by atoms with Crippen molar-refractivity contribution in [3.05, 3.63) is 42.1 Å². The first-order valence-corrected chi connectivity index (χ1v) is 6.55. The molecule has 94 valence electrons. The van der Waals surface area contributed by atoms with Gasteiger partial charge in [-0.2, -0.15) is 0 Å². The molecule has 1 aromatic heterocycles. The van der Waals surface area contributed by atoms with Crippen LogP contribution in [0, 0.1) is 0 Å².